The SMILES string of the molecule is NC(=NCCCO)NC(=O)Cn1c(-c2ccc(OCCC3OCCO3)cc2)ccc1-c1ccccc1Cl. The molecule has 0 spiro atoms. The van der Waals surface area contributed by atoms with Crippen LogP contribution in [0, 0.1) is 0 Å². The van der Waals surface area contributed by atoms with E-state index in [4.69, 9.17) is 36.7 Å². The molecule has 4 rings (SSSR count). The van der Waals surface area contributed by atoms with Crippen molar-refractivity contribution in [1.29, 1.82) is 0 Å². The lowest BCUT2D eigenvalue weighted by Gasteiger charge is -2.15. The molecule has 9 nitrogen and oxygen atoms in total. The molecule has 0 atom stereocenters. The number of aliphatic hydroxyl groups excluding tert-OH is 1. The van der Waals surface area contributed by atoms with Crippen molar-refractivity contribution in [2.24, 2.45) is 10.7 Å². The number of aromatic nitrogens is 1. The van der Waals surface area contributed by atoms with Gasteiger partial charge in [0, 0.05) is 35.9 Å². The average Bonchev–Trinajstić information content (AvgIpc) is 3.55. The first kappa shape index (κ1) is 26.7. The van der Waals surface area contributed by atoms with Crippen molar-refractivity contribution < 1.29 is 24.1 Å². The summed E-state index contributed by atoms with van der Waals surface area (Å²) in [5, 5.41) is 12.1. The van der Waals surface area contributed by atoms with Gasteiger partial charge in [-0.2, -0.15) is 0 Å². The lowest BCUT2D eigenvalue weighted by Crippen LogP contribution is -2.39. The quantitative estimate of drug-likeness (QED) is 0.200. The standard InChI is InChI=1S/C27H31ClN4O5/c28-22-5-2-1-4-21(22)24-11-10-23(32(24)18-25(34)31-27(29)30-13-3-14-33)19-6-8-20(9-7-19)35-15-12-26-36-16-17-37-26/h1-2,4-11,26,33H,3,12-18H2,(H3,29,30,31,34). The van der Waals surface area contributed by atoms with Gasteiger partial charge in [-0.05, 0) is 54.4 Å². The number of amides is 1. The van der Waals surface area contributed by atoms with Gasteiger partial charge < -0.3 is 29.6 Å². The van der Waals surface area contributed by atoms with Crippen LogP contribution in [-0.4, -0.2) is 60.8 Å². The predicted octanol–water partition coefficient (Wildman–Crippen LogP) is 3.43. The van der Waals surface area contributed by atoms with Crippen molar-refractivity contribution in [3.05, 3.63) is 65.7 Å². The van der Waals surface area contributed by atoms with Crippen LogP contribution in [0.5, 0.6) is 5.75 Å². The van der Waals surface area contributed by atoms with Crippen molar-refractivity contribution in [3.8, 4) is 28.3 Å². The van der Waals surface area contributed by atoms with Gasteiger partial charge in [-0.3, -0.25) is 15.1 Å². The molecule has 1 aromatic heterocycles. The van der Waals surface area contributed by atoms with Crippen molar-refractivity contribution in [1.82, 2.24) is 9.88 Å². The smallest absolute Gasteiger partial charge is 0.246 e. The van der Waals surface area contributed by atoms with Crippen molar-refractivity contribution in [2.75, 3.05) is 33.0 Å². The number of aliphatic imine (C=N–C) groups is 1. The van der Waals surface area contributed by atoms with E-state index < -0.39 is 0 Å². The average molecular weight is 527 g/mol. The van der Waals surface area contributed by atoms with E-state index in [2.05, 4.69) is 10.3 Å². The fourth-order valence-electron chi connectivity index (χ4n) is 4.00. The Balaban J connectivity index is 1.53. The van der Waals surface area contributed by atoms with Gasteiger partial charge in [-0.1, -0.05) is 29.8 Å². The largest absolute Gasteiger partial charge is 0.493 e. The Morgan fingerprint density at radius 1 is 1.11 bits per heavy atom. The van der Waals surface area contributed by atoms with Gasteiger partial charge in [-0.25, -0.2) is 0 Å². The molecule has 2 aromatic carbocycles. The lowest BCUT2D eigenvalue weighted by atomic mass is 10.1. The van der Waals surface area contributed by atoms with E-state index in [1.165, 1.54) is 0 Å². The molecular formula is C27H31ClN4O5. The number of hydrogen-bond donors (Lipinski definition) is 3. The molecule has 0 aliphatic carbocycles. The van der Waals surface area contributed by atoms with Gasteiger partial charge in [0.1, 0.15) is 12.3 Å². The number of ether oxygens (including phenoxy) is 3. The molecule has 1 amide bonds. The molecular weight excluding hydrogens is 496 g/mol. The van der Waals surface area contributed by atoms with Gasteiger partial charge >= 0.3 is 0 Å². The van der Waals surface area contributed by atoms with Gasteiger partial charge in [0.2, 0.25) is 5.91 Å². The first-order valence-corrected chi connectivity index (χ1v) is 12.5. The summed E-state index contributed by atoms with van der Waals surface area (Å²) in [4.78, 5) is 16.9. The van der Waals surface area contributed by atoms with Crippen LogP contribution in [0.25, 0.3) is 22.5 Å². The first-order chi connectivity index (χ1) is 18.0. The molecule has 1 fully saturated rings. The summed E-state index contributed by atoms with van der Waals surface area (Å²) in [6.07, 6.45) is 0.926. The molecule has 37 heavy (non-hydrogen) atoms. The summed E-state index contributed by atoms with van der Waals surface area (Å²) < 4.78 is 18.6. The van der Waals surface area contributed by atoms with Gasteiger partial charge in [0.25, 0.3) is 0 Å². The molecule has 0 saturated carbocycles. The zero-order valence-corrected chi connectivity index (χ0v) is 21.2. The van der Waals surface area contributed by atoms with Gasteiger partial charge in [0.15, 0.2) is 12.2 Å². The maximum atomic E-state index is 12.9. The van der Waals surface area contributed by atoms with Crippen molar-refractivity contribution in [3.63, 3.8) is 0 Å². The van der Waals surface area contributed by atoms with E-state index in [0.717, 1.165) is 28.3 Å². The Bertz CT molecular complexity index is 1210. The zero-order valence-electron chi connectivity index (χ0n) is 20.4. The Morgan fingerprint density at radius 3 is 2.57 bits per heavy atom. The van der Waals surface area contributed by atoms with E-state index in [1.807, 2.05) is 65.2 Å². The van der Waals surface area contributed by atoms with Crippen LogP contribution >= 0.6 is 11.6 Å². The van der Waals surface area contributed by atoms with Gasteiger partial charge in [-0.15, -0.1) is 0 Å². The molecule has 2 heterocycles. The van der Waals surface area contributed by atoms with Crippen LogP contribution in [0.15, 0.2) is 65.7 Å². The van der Waals surface area contributed by atoms with Crippen molar-refractivity contribution in [2.45, 2.75) is 25.7 Å². The Morgan fingerprint density at radius 2 is 1.84 bits per heavy atom. The summed E-state index contributed by atoms with van der Waals surface area (Å²) >= 11 is 6.49. The number of halogens is 1. The molecule has 196 valence electrons. The second-order valence-electron chi connectivity index (χ2n) is 8.39. The minimum atomic E-state index is -0.327. The Labute approximate surface area is 220 Å². The molecule has 1 aliphatic heterocycles. The second kappa shape index (κ2) is 13.3. The topological polar surface area (TPSA) is 120 Å². The summed E-state index contributed by atoms with van der Waals surface area (Å²) in [7, 11) is 0. The minimum absolute atomic E-state index is 0.00124. The van der Waals surface area contributed by atoms with E-state index >= 15 is 0 Å². The summed E-state index contributed by atoms with van der Waals surface area (Å²) in [5.74, 6) is 0.421. The number of nitrogens with two attached hydrogens (primary N) is 1. The molecule has 1 saturated heterocycles. The third kappa shape index (κ3) is 7.33. The summed E-state index contributed by atoms with van der Waals surface area (Å²) in [6.45, 7) is 2.06. The number of carbonyl (C=O) groups excluding carboxylic acids is 1. The highest BCUT2D eigenvalue weighted by Gasteiger charge is 2.18. The molecule has 1 aliphatic rings. The third-order valence-corrected chi connectivity index (χ3v) is 6.09. The van der Waals surface area contributed by atoms with E-state index in [9.17, 15) is 4.79 Å². The van der Waals surface area contributed by atoms with Crippen molar-refractivity contribution >= 4 is 23.5 Å². The number of aliphatic hydroxyl groups is 1. The van der Waals surface area contributed by atoms with Crippen LogP contribution in [0.3, 0.4) is 0 Å². The zero-order chi connectivity index (χ0) is 26.0. The van der Waals surface area contributed by atoms with Crippen LogP contribution in [0.2, 0.25) is 5.02 Å². The van der Waals surface area contributed by atoms with Crippen LogP contribution < -0.4 is 15.8 Å². The number of carbonyl (C=O) groups is 1. The van der Waals surface area contributed by atoms with E-state index in [-0.39, 0.29) is 31.3 Å². The van der Waals surface area contributed by atoms with Crippen LogP contribution in [-0.2, 0) is 20.8 Å². The number of benzene rings is 2. The van der Waals surface area contributed by atoms with E-state index in [1.54, 1.807) is 0 Å². The molecule has 0 bridgehead atoms. The maximum Gasteiger partial charge on any atom is 0.246 e. The molecule has 3 aromatic rings. The molecule has 4 N–H and O–H groups in total. The maximum absolute atomic E-state index is 12.9. The molecule has 10 heteroatoms. The highest BCUT2D eigenvalue weighted by Crippen LogP contribution is 2.33. The first-order valence-electron chi connectivity index (χ1n) is 12.2. The monoisotopic (exact) mass is 526 g/mol. The molecule has 0 unspecified atom stereocenters. The lowest BCUT2D eigenvalue weighted by molar-refractivity contribution is -0.120. The highest BCUT2D eigenvalue weighted by molar-refractivity contribution is 6.33. The number of rotatable bonds is 11. The third-order valence-electron chi connectivity index (χ3n) is 5.76. The highest BCUT2D eigenvalue weighted by atomic mass is 35.5. The normalized spacial score (nSPS) is 14.2. The Kier molecular flexibility index (Phi) is 9.56. The number of hydrogen-bond acceptors (Lipinski definition) is 6. The number of nitrogens with zero attached hydrogens (tertiary/aromatic N) is 2. The fourth-order valence-corrected chi connectivity index (χ4v) is 4.23. The van der Waals surface area contributed by atoms with E-state index in [0.29, 0.717) is 44.2 Å². The predicted molar refractivity (Wildman–Crippen MR) is 142 cm³/mol. The van der Waals surface area contributed by atoms with Crippen LogP contribution in [0.4, 0.5) is 0 Å². The Hall–Kier alpha value is -3.37. The molecule has 0 radical (unpaired) electrons. The number of guanidine groups is 1. The summed E-state index contributed by atoms with van der Waals surface area (Å²) in [5.41, 5.74) is 9.19. The van der Waals surface area contributed by atoms with Gasteiger partial charge in [0.05, 0.1) is 25.5 Å². The number of nitrogens with one attached hydrogen (secondary N) is 1. The fraction of sp³-hybridized carbons (Fsp3) is 0.333. The second-order valence-corrected chi connectivity index (χ2v) is 8.80. The summed E-state index contributed by atoms with van der Waals surface area (Å²) in [6, 6.07) is 19.1. The van der Waals surface area contributed by atoms with Crippen LogP contribution in [0.1, 0.15) is 12.8 Å². The minimum Gasteiger partial charge on any atom is -0.493 e.